The van der Waals surface area contributed by atoms with Crippen molar-refractivity contribution >= 4 is 43.2 Å². The SMILES string of the molecule is Nc1cc(F)cc(Br)c1OCc1nc2ccccc2s1. The smallest absolute Gasteiger partial charge is 0.157 e. The molecule has 0 aliphatic carbocycles. The van der Waals surface area contributed by atoms with Crippen molar-refractivity contribution in [2.75, 3.05) is 5.73 Å². The Labute approximate surface area is 127 Å². The molecule has 0 atom stereocenters. The highest BCUT2D eigenvalue weighted by molar-refractivity contribution is 9.10. The number of thiazole rings is 1. The quantitative estimate of drug-likeness (QED) is 0.712. The maximum atomic E-state index is 13.1. The average molecular weight is 353 g/mol. The molecule has 0 aliphatic rings. The normalized spacial score (nSPS) is 10.9. The van der Waals surface area contributed by atoms with Gasteiger partial charge in [-0.1, -0.05) is 12.1 Å². The Morgan fingerprint density at radius 3 is 2.85 bits per heavy atom. The van der Waals surface area contributed by atoms with Crippen molar-refractivity contribution in [3.8, 4) is 5.75 Å². The summed E-state index contributed by atoms with van der Waals surface area (Å²) in [6.45, 7) is 0.299. The highest BCUT2D eigenvalue weighted by Crippen LogP contribution is 2.33. The third-order valence-electron chi connectivity index (χ3n) is 2.72. The van der Waals surface area contributed by atoms with Gasteiger partial charge in [-0.05, 0) is 34.1 Å². The molecular weight excluding hydrogens is 343 g/mol. The molecular formula is C14H10BrFN2OS. The van der Waals surface area contributed by atoms with E-state index in [1.54, 1.807) is 11.3 Å². The molecule has 1 heterocycles. The number of fused-ring (bicyclic) bond motifs is 1. The van der Waals surface area contributed by atoms with Gasteiger partial charge in [0.1, 0.15) is 17.4 Å². The minimum atomic E-state index is -0.401. The number of ether oxygens (including phenoxy) is 1. The first-order chi connectivity index (χ1) is 9.63. The number of rotatable bonds is 3. The van der Waals surface area contributed by atoms with E-state index < -0.39 is 5.82 Å². The molecule has 102 valence electrons. The van der Waals surface area contributed by atoms with Crippen LogP contribution < -0.4 is 10.5 Å². The molecule has 6 heteroatoms. The number of benzene rings is 2. The van der Waals surface area contributed by atoms with E-state index in [4.69, 9.17) is 10.5 Å². The van der Waals surface area contributed by atoms with E-state index in [0.717, 1.165) is 15.2 Å². The van der Waals surface area contributed by atoms with Gasteiger partial charge in [-0.15, -0.1) is 11.3 Å². The van der Waals surface area contributed by atoms with Crippen LogP contribution >= 0.6 is 27.3 Å². The van der Waals surface area contributed by atoms with Gasteiger partial charge in [0.25, 0.3) is 0 Å². The summed E-state index contributed by atoms with van der Waals surface area (Å²) < 4.78 is 20.4. The molecule has 0 amide bonds. The zero-order valence-electron chi connectivity index (χ0n) is 10.3. The number of nitrogens with two attached hydrogens (primary N) is 1. The molecule has 0 bridgehead atoms. The van der Waals surface area contributed by atoms with E-state index in [0.29, 0.717) is 16.8 Å². The number of para-hydroxylation sites is 1. The Balaban J connectivity index is 1.83. The van der Waals surface area contributed by atoms with Gasteiger partial charge in [-0.2, -0.15) is 0 Å². The molecule has 2 N–H and O–H groups in total. The van der Waals surface area contributed by atoms with Gasteiger partial charge in [-0.3, -0.25) is 0 Å². The Morgan fingerprint density at radius 2 is 2.10 bits per heavy atom. The van der Waals surface area contributed by atoms with Crippen LogP contribution in [0, 0.1) is 5.82 Å². The lowest BCUT2D eigenvalue weighted by Crippen LogP contribution is -2.00. The summed E-state index contributed by atoms with van der Waals surface area (Å²) in [5.74, 6) is 0.0346. The first-order valence-electron chi connectivity index (χ1n) is 5.85. The molecule has 3 rings (SSSR count). The van der Waals surface area contributed by atoms with E-state index in [1.165, 1.54) is 12.1 Å². The van der Waals surface area contributed by atoms with Gasteiger partial charge in [0.15, 0.2) is 5.75 Å². The van der Waals surface area contributed by atoms with Crippen molar-refractivity contribution in [3.05, 3.63) is 51.7 Å². The van der Waals surface area contributed by atoms with Crippen molar-refractivity contribution in [3.63, 3.8) is 0 Å². The minimum absolute atomic E-state index is 0.262. The van der Waals surface area contributed by atoms with Crippen LogP contribution in [0.5, 0.6) is 5.75 Å². The van der Waals surface area contributed by atoms with Crippen molar-refractivity contribution in [1.82, 2.24) is 4.98 Å². The molecule has 0 spiro atoms. The number of halogens is 2. The lowest BCUT2D eigenvalue weighted by Gasteiger charge is -2.09. The summed E-state index contributed by atoms with van der Waals surface area (Å²) in [4.78, 5) is 4.47. The molecule has 1 aromatic heterocycles. The molecule has 0 fully saturated rings. The van der Waals surface area contributed by atoms with Gasteiger partial charge in [0.2, 0.25) is 0 Å². The maximum absolute atomic E-state index is 13.1. The summed E-state index contributed by atoms with van der Waals surface area (Å²) in [6, 6.07) is 10.4. The summed E-state index contributed by atoms with van der Waals surface area (Å²) in [7, 11) is 0. The van der Waals surface area contributed by atoms with Crippen LogP contribution in [-0.2, 0) is 6.61 Å². The first-order valence-corrected chi connectivity index (χ1v) is 7.46. The minimum Gasteiger partial charge on any atom is -0.483 e. The van der Waals surface area contributed by atoms with E-state index in [-0.39, 0.29) is 5.69 Å². The number of hydrogen-bond acceptors (Lipinski definition) is 4. The third-order valence-corrected chi connectivity index (χ3v) is 4.31. The van der Waals surface area contributed by atoms with Gasteiger partial charge in [0.05, 0.1) is 20.4 Å². The van der Waals surface area contributed by atoms with Crippen molar-refractivity contribution in [2.45, 2.75) is 6.61 Å². The molecule has 0 saturated heterocycles. The highest BCUT2D eigenvalue weighted by Gasteiger charge is 2.10. The predicted octanol–water partition coefficient (Wildman–Crippen LogP) is 4.36. The Hall–Kier alpha value is -1.66. The summed E-state index contributed by atoms with van der Waals surface area (Å²) >= 11 is 4.81. The second-order valence-electron chi connectivity index (χ2n) is 4.17. The van der Waals surface area contributed by atoms with Crippen LogP contribution in [0.1, 0.15) is 5.01 Å². The predicted molar refractivity (Wildman–Crippen MR) is 82.5 cm³/mol. The second-order valence-corrected chi connectivity index (χ2v) is 6.14. The van der Waals surface area contributed by atoms with Crippen LogP contribution in [0.25, 0.3) is 10.2 Å². The summed E-state index contributed by atoms with van der Waals surface area (Å²) in [6.07, 6.45) is 0. The van der Waals surface area contributed by atoms with Crippen LogP contribution in [0.3, 0.4) is 0 Å². The fourth-order valence-electron chi connectivity index (χ4n) is 1.85. The molecule has 0 radical (unpaired) electrons. The number of aromatic nitrogens is 1. The second kappa shape index (κ2) is 5.38. The molecule has 3 nitrogen and oxygen atoms in total. The highest BCUT2D eigenvalue weighted by atomic mass is 79.9. The monoisotopic (exact) mass is 352 g/mol. The molecule has 0 unspecified atom stereocenters. The molecule has 2 aromatic carbocycles. The lowest BCUT2D eigenvalue weighted by molar-refractivity contribution is 0.305. The van der Waals surface area contributed by atoms with E-state index in [9.17, 15) is 4.39 Å². The largest absolute Gasteiger partial charge is 0.483 e. The standard InChI is InChI=1S/C14H10BrFN2OS/c15-9-5-8(16)6-10(17)14(9)19-7-13-18-11-3-1-2-4-12(11)20-13/h1-6H,7,17H2. The summed E-state index contributed by atoms with van der Waals surface area (Å²) in [5, 5.41) is 0.849. The summed E-state index contributed by atoms with van der Waals surface area (Å²) in [5.41, 5.74) is 6.96. The van der Waals surface area contributed by atoms with E-state index in [1.807, 2.05) is 24.3 Å². The molecule has 20 heavy (non-hydrogen) atoms. The van der Waals surface area contributed by atoms with E-state index in [2.05, 4.69) is 20.9 Å². The lowest BCUT2D eigenvalue weighted by atomic mass is 10.3. The average Bonchev–Trinajstić information content (AvgIpc) is 2.80. The number of anilines is 1. The van der Waals surface area contributed by atoms with Gasteiger partial charge < -0.3 is 10.5 Å². The molecule has 3 aromatic rings. The first kappa shape index (κ1) is 13.3. The number of nitrogens with zero attached hydrogens (tertiary/aromatic N) is 1. The van der Waals surface area contributed by atoms with Crippen LogP contribution in [-0.4, -0.2) is 4.98 Å². The third kappa shape index (κ3) is 2.62. The van der Waals surface area contributed by atoms with E-state index >= 15 is 0 Å². The fraction of sp³-hybridized carbons (Fsp3) is 0.0714. The topological polar surface area (TPSA) is 48.1 Å². The van der Waals surface area contributed by atoms with Crippen LogP contribution in [0.2, 0.25) is 0 Å². The van der Waals surface area contributed by atoms with Crippen molar-refractivity contribution in [2.24, 2.45) is 0 Å². The van der Waals surface area contributed by atoms with Gasteiger partial charge in [-0.25, -0.2) is 9.37 Å². The zero-order chi connectivity index (χ0) is 14.1. The maximum Gasteiger partial charge on any atom is 0.157 e. The van der Waals surface area contributed by atoms with Crippen LogP contribution in [0.4, 0.5) is 10.1 Å². The number of nitrogen functional groups attached to an aromatic ring is 1. The number of hydrogen-bond donors (Lipinski definition) is 1. The van der Waals surface area contributed by atoms with Gasteiger partial charge in [0, 0.05) is 6.07 Å². The Bertz CT molecular complexity index is 719. The van der Waals surface area contributed by atoms with Crippen LogP contribution in [0.15, 0.2) is 40.9 Å². The zero-order valence-corrected chi connectivity index (χ0v) is 12.7. The van der Waals surface area contributed by atoms with Gasteiger partial charge >= 0.3 is 0 Å². The molecule has 0 aliphatic heterocycles. The Morgan fingerprint density at radius 1 is 1.30 bits per heavy atom. The van der Waals surface area contributed by atoms with Crippen molar-refractivity contribution in [1.29, 1.82) is 0 Å². The Kier molecular flexibility index (Phi) is 3.58. The molecule has 0 saturated carbocycles. The fourth-order valence-corrected chi connectivity index (χ4v) is 3.29. The van der Waals surface area contributed by atoms with Crippen molar-refractivity contribution < 1.29 is 9.13 Å².